The highest BCUT2D eigenvalue weighted by molar-refractivity contribution is 5.85. The summed E-state index contributed by atoms with van der Waals surface area (Å²) in [7, 11) is 0. The van der Waals surface area contributed by atoms with Gasteiger partial charge >= 0.3 is 0 Å². The summed E-state index contributed by atoms with van der Waals surface area (Å²) in [6.07, 6.45) is 13.1. The van der Waals surface area contributed by atoms with Crippen molar-refractivity contribution in [2.45, 2.75) is 64.7 Å². The molecule has 0 bridgehead atoms. The highest BCUT2D eigenvalue weighted by Crippen LogP contribution is 2.32. The molecule has 0 amide bonds. The molecule has 1 aliphatic rings. The predicted octanol–water partition coefficient (Wildman–Crippen LogP) is 8.65. The Morgan fingerprint density at radius 1 is 0.909 bits per heavy atom. The Bertz CT molecular complexity index is 1130. The second-order valence-electron chi connectivity index (χ2n) is 9.59. The zero-order chi connectivity index (χ0) is 23.0. The molecular formula is C32H35F. The van der Waals surface area contributed by atoms with Crippen molar-refractivity contribution < 1.29 is 4.39 Å². The van der Waals surface area contributed by atoms with Gasteiger partial charge in [-0.1, -0.05) is 67.7 Å². The lowest BCUT2D eigenvalue weighted by atomic mass is 9.79. The van der Waals surface area contributed by atoms with Crippen molar-refractivity contribution in [1.82, 2.24) is 0 Å². The number of hydrogen-bond donors (Lipinski definition) is 0. The summed E-state index contributed by atoms with van der Waals surface area (Å²) in [6.45, 7) is 6.15. The van der Waals surface area contributed by atoms with E-state index in [1.54, 1.807) is 0 Å². The van der Waals surface area contributed by atoms with Crippen LogP contribution in [-0.2, 0) is 12.8 Å². The summed E-state index contributed by atoms with van der Waals surface area (Å²) in [5.41, 5.74) is 4.02. The number of rotatable bonds is 7. The second kappa shape index (κ2) is 11.3. The van der Waals surface area contributed by atoms with Gasteiger partial charge in [0.15, 0.2) is 0 Å². The third-order valence-corrected chi connectivity index (χ3v) is 7.20. The maximum Gasteiger partial charge on any atom is 0.146 e. The van der Waals surface area contributed by atoms with Crippen LogP contribution in [0.1, 0.15) is 74.1 Å². The lowest BCUT2D eigenvalue weighted by Crippen LogP contribution is -2.13. The molecule has 0 saturated heterocycles. The van der Waals surface area contributed by atoms with Crippen LogP contribution in [0.5, 0.6) is 0 Å². The molecule has 0 aromatic heterocycles. The SMILES string of the molecule is C=CC1CCC(CCc2ccc3c(F)c(C#Cc4ccc(CCCC)cc4)ccc3c2)CC1. The zero-order valence-corrected chi connectivity index (χ0v) is 19.9. The van der Waals surface area contributed by atoms with Crippen LogP contribution in [-0.4, -0.2) is 0 Å². The van der Waals surface area contributed by atoms with Gasteiger partial charge in [0.1, 0.15) is 5.82 Å². The van der Waals surface area contributed by atoms with Gasteiger partial charge in [-0.25, -0.2) is 4.39 Å². The van der Waals surface area contributed by atoms with Crippen LogP contribution in [0.3, 0.4) is 0 Å². The van der Waals surface area contributed by atoms with E-state index in [0.717, 1.165) is 29.7 Å². The third kappa shape index (κ3) is 6.14. The number of unbranched alkanes of at least 4 members (excludes halogenated alkanes) is 1. The van der Waals surface area contributed by atoms with Gasteiger partial charge in [0.2, 0.25) is 0 Å². The molecule has 33 heavy (non-hydrogen) atoms. The van der Waals surface area contributed by atoms with Crippen LogP contribution in [0.4, 0.5) is 4.39 Å². The normalized spacial score (nSPS) is 18.0. The zero-order valence-electron chi connectivity index (χ0n) is 19.9. The summed E-state index contributed by atoms with van der Waals surface area (Å²) in [5, 5.41) is 1.62. The minimum Gasteiger partial charge on any atom is -0.205 e. The number of fused-ring (bicyclic) bond motifs is 1. The minimum atomic E-state index is -0.214. The lowest BCUT2D eigenvalue weighted by molar-refractivity contribution is 0.296. The molecule has 0 N–H and O–H groups in total. The van der Waals surface area contributed by atoms with Gasteiger partial charge in [-0.3, -0.25) is 0 Å². The highest BCUT2D eigenvalue weighted by atomic mass is 19.1. The number of aryl methyl sites for hydroxylation is 2. The van der Waals surface area contributed by atoms with Crippen molar-refractivity contribution in [2.24, 2.45) is 11.8 Å². The lowest BCUT2D eigenvalue weighted by Gasteiger charge is -2.26. The first-order valence-electron chi connectivity index (χ1n) is 12.6. The fourth-order valence-electron chi connectivity index (χ4n) is 4.95. The van der Waals surface area contributed by atoms with Gasteiger partial charge < -0.3 is 0 Å². The van der Waals surface area contributed by atoms with E-state index in [0.29, 0.717) is 16.9 Å². The van der Waals surface area contributed by atoms with Gasteiger partial charge in [0.25, 0.3) is 0 Å². The van der Waals surface area contributed by atoms with Gasteiger partial charge in [0.05, 0.1) is 5.56 Å². The molecule has 0 atom stereocenters. The van der Waals surface area contributed by atoms with Crippen molar-refractivity contribution in [1.29, 1.82) is 0 Å². The Kier molecular flexibility index (Phi) is 8.01. The smallest absolute Gasteiger partial charge is 0.146 e. The minimum absolute atomic E-state index is 0.214. The molecule has 0 unspecified atom stereocenters. The fourth-order valence-corrected chi connectivity index (χ4v) is 4.95. The molecule has 1 saturated carbocycles. The summed E-state index contributed by atoms with van der Waals surface area (Å²) < 4.78 is 15.1. The summed E-state index contributed by atoms with van der Waals surface area (Å²) >= 11 is 0. The number of allylic oxidation sites excluding steroid dienone is 1. The average molecular weight is 439 g/mol. The maximum atomic E-state index is 15.1. The summed E-state index contributed by atoms with van der Waals surface area (Å²) in [6, 6.07) is 18.3. The van der Waals surface area contributed by atoms with Crippen LogP contribution in [0.2, 0.25) is 0 Å². The molecule has 1 heteroatoms. The van der Waals surface area contributed by atoms with Crippen molar-refractivity contribution >= 4 is 10.8 Å². The molecule has 1 fully saturated rings. The Morgan fingerprint density at radius 2 is 1.67 bits per heavy atom. The van der Waals surface area contributed by atoms with Crippen LogP contribution >= 0.6 is 0 Å². The first kappa shape index (κ1) is 23.3. The molecule has 4 rings (SSSR count). The summed E-state index contributed by atoms with van der Waals surface area (Å²) in [4.78, 5) is 0. The van der Waals surface area contributed by atoms with Gasteiger partial charge in [-0.15, -0.1) is 6.58 Å². The first-order valence-corrected chi connectivity index (χ1v) is 12.6. The Labute approximate surface area is 198 Å². The Hall–Kier alpha value is -2.85. The van der Waals surface area contributed by atoms with E-state index < -0.39 is 0 Å². The molecule has 0 aliphatic heterocycles. The highest BCUT2D eigenvalue weighted by Gasteiger charge is 2.19. The number of hydrogen-bond acceptors (Lipinski definition) is 0. The molecular weight excluding hydrogens is 403 g/mol. The number of benzene rings is 3. The van der Waals surface area contributed by atoms with Crippen molar-refractivity contribution in [3.05, 3.63) is 95.3 Å². The van der Waals surface area contributed by atoms with E-state index in [-0.39, 0.29) is 5.82 Å². The van der Waals surface area contributed by atoms with Crippen LogP contribution in [0, 0.1) is 29.5 Å². The molecule has 1 aliphatic carbocycles. The van der Waals surface area contributed by atoms with Crippen molar-refractivity contribution in [3.8, 4) is 11.8 Å². The quantitative estimate of drug-likeness (QED) is 0.256. The molecule has 0 nitrogen and oxygen atoms in total. The Morgan fingerprint density at radius 3 is 2.39 bits per heavy atom. The van der Waals surface area contributed by atoms with Crippen LogP contribution < -0.4 is 0 Å². The average Bonchev–Trinajstić information content (AvgIpc) is 2.86. The van der Waals surface area contributed by atoms with E-state index >= 15 is 4.39 Å². The maximum absolute atomic E-state index is 15.1. The fraction of sp³-hybridized carbons (Fsp3) is 0.375. The van der Waals surface area contributed by atoms with Gasteiger partial charge in [-0.05, 0) is 97.9 Å². The monoisotopic (exact) mass is 438 g/mol. The molecule has 170 valence electrons. The van der Waals surface area contributed by atoms with E-state index in [1.807, 2.05) is 30.3 Å². The first-order chi connectivity index (χ1) is 16.2. The topological polar surface area (TPSA) is 0 Å². The van der Waals surface area contributed by atoms with E-state index in [1.165, 1.54) is 56.1 Å². The largest absolute Gasteiger partial charge is 0.205 e. The van der Waals surface area contributed by atoms with Crippen LogP contribution in [0.25, 0.3) is 10.8 Å². The molecule has 3 aromatic rings. The van der Waals surface area contributed by atoms with Crippen molar-refractivity contribution in [3.63, 3.8) is 0 Å². The van der Waals surface area contributed by atoms with Crippen LogP contribution in [0.15, 0.2) is 67.3 Å². The Balaban J connectivity index is 1.42. The van der Waals surface area contributed by atoms with Gasteiger partial charge in [0, 0.05) is 10.9 Å². The molecule has 0 radical (unpaired) electrons. The second-order valence-corrected chi connectivity index (χ2v) is 9.59. The molecule has 0 heterocycles. The van der Waals surface area contributed by atoms with E-state index in [4.69, 9.17) is 0 Å². The van der Waals surface area contributed by atoms with Crippen molar-refractivity contribution in [2.75, 3.05) is 0 Å². The molecule has 0 spiro atoms. The molecule has 3 aromatic carbocycles. The van der Waals surface area contributed by atoms with E-state index in [9.17, 15) is 0 Å². The summed E-state index contributed by atoms with van der Waals surface area (Å²) in [5.74, 6) is 7.49. The van der Waals surface area contributed by atoms with E-state index in [2.05, 4.69) is 55.7 Å². The predicted molar refractivity (Wildman–Crippen MR) is 139 cm³/mol. The third-order valence-electron chi connectivity index (χ3n) is 7.20. The van der Waals surface area contributed by atoms with Gasteiger partial charge in [-0.2, -0.15) is 0 Å². The standard InChI is InChI=1S/C32H35F/c1-3-5-6-25-11-13-27(14-12-25)17-19-29-20-21-30-23-28(18-22-31(30)32(29)33)16-15-26-9-7-24(4-2)8-10-26/h4,11-14,18,20-24,26H,2-3,5-10,15-16H2,1H3. The number of halogens is 1.